The van der Waals surface area contributed by atoms with E-state index in [2.05, 4.69) is 35.2 Å². The Balaban J connectivity index is 1.79. The van der Waals surface area contributed by atoms with Crippen molar-refractivity contribution in [2.24, 2.45) is 0 Å². The van der Waals surface area contributed by atoms with Crippen LogP contribution >= 0.6 is 0 Å². The Morgan fingerprint density at radius 1 is 1.08 bits per heavy atom. The SMILES string of the molecule is c1ccc(CCN2CCC2)cc1. The lowest BCUT2D eigenvalue weighted by Crippen LogP contribution is -2.38. The van der Waals surface area contributed by atoms with E-state index < -0.39 is 0 Å². The van der Waals surface area contributed by atoms with Gasteiger partial charge in [-0.2, -0.15) is 0 Å². The molecule has 1 aromatic carbocycles. The van der Waals surface area contributed by atoms with Gasteiger partial charge in [0.25, 0.3) is 0 Å². The summed E-state index contributed by atoms with van der Waals surface area (Å²) in [7, 11) is 0. The molecule has 0 atom stereocenters. The quantitative estimate of drug-likeness (QED) is 0.654. The number of rotatable bonds is 3. The Morgan fingerprint density at radius 2 is 1.83 bits per heavy atom. The zero-order valence-electron chi connectivity index (χ0n) is 7.37. The van der Waals surface area contributed by atoms with Gasteiger partial charge in [-0.25, -0.2) is 0 Å². The third kappa shape index (κ3) is 1.86. The van der Waals surface area contributed by atoms with E-state index in [0.717, 1.165) is 0 Å². The Kier molecular flexibility index (Phi) is 2.42. The molecule has 0 aliphatic carbocycles. The molecule has 64 valence electrons. The van der Waals surface area contributed by atoms with Crippen LogP contribution in [0.25, 0.3) is 0 Å². The summed E-state index contributed by atoms with van der Waals surface area (Å²) in [5.74, 6) is 0. The van der Waals surface area contributed by atoms with E-state index >= 15 is 0 Å². The minimum absolute atomic E-state index is 1.21. The fourth-order valence-electron chi connectivity index (χ4n) is 1.54. The molecular weight excluding hydrogens is 146 g/mol. The van der Waals surface area contributed by atoms with E-state index in [9.17, 15) is 0 Å². The van der Waals surface area contributed by atoms with Crippen molar-refractivity contribution in [2.45, 2.75) is 12.8 Å². The number of benzene rings is 1. The van der Waals surface area contributed by atoms with Crippen molar-refractivity contribution in [3.63, 3.8) is 0 Å². The molecule has 1 aromatic rings. The molecule has 2 rings (SSSR count). The van der Waals surface area contributed by atoms with Gasteiger partial charge in [-0.15, -0.1) is 0 Å². The first-order valence-corrected chi connectivity index (χ1v) is 4.71. The average Bonchev–Trinajstić information content (AvgIpc) is 2.04. The van der Waals surface area contributed by atoms with E-state index in [4.69, 9.17) is 0 Å². The van der Waals surface area contributed by atoms with Gasteiger partial charge in [-0.05, 0) is 31.5 Å². The van der Waals surface area contributed by atoms with Crippen LogP contribution in [0.4, 0.5) is 0 Å². The van der Waals surface area contributed by atoms with Crippen LogP contribution in [-0.2, 0) is 6.42 Å². The Morgan fingerprint density at radius 3 is 2.42 bits per heavy atom. The number of hydrogen-bond acceptors (Lipinski definition) is 1. The van der Waals surface area contributed by atoms with E-state index in [-0.39, 0.29) is 0 Å². The zero-order valence-corrected chi connectivity index (χ0v) is 7.37. The molecule has 1 heterocycles. The van der Waals surface area contributed by atoms with Gasteiger partial charge in [0.2, 0.25) is 0 Å². The van der Waals surface area contributed by atoms with Gasteiger partial charge >= 0.3 is 0 Å². The molecule has 0 saturated carbocycles. The van der Waals surface area contributed by atoms with Crippen molar-refractivity contribution in [1.82, 2.24) is 4.90 Å². The minimum atomic E-state index is 1.21. The van der Waals surface area contributed by atoms with E-state index in [1.54, 1.807) is 0 Å². The lowest BCUT2D eigenvalue weighted by molar-refractivity contribution is 0.184. The molecule has 1 aliphatic rings. The maximum atomic E-state index is 2.51. The zero-order chi connectivity index (χ0) is 8.23. The van der Waals surface area contributed by atoms with Gasteiger partial charge in [0.15, 0.2) is 0 Å². The van der Waals surface area contributed by atoms with Gasteiger partial charge < -0.3 is 4.90 Å². The minimum Gasteiger partial charge on any atom is -0.303 e. The molecule has 12 heavy (non-hydrogen) atoms. The van der Waals surface area contributed by atoms with Crippen molar-refractivity contribution in [3.05, 3.63) is 35.9 Å². The molecule has 0 amide bonds. The summed E-state index contributed by atoms with van der Waals surface area (Å²) < 4.78 is 0. The third-order valence-corrected chi connectivity index (χ3v) is 2.51. The number of hydrogen-bond donors (Lipinski definition) is 0. The second-order valence-corrected chi connectivity index (χ2v) is 3.43. The van der Waals surface area contributed by atoms with E-state index in [1.807, 2.05) is 0 Å². The molecule has 0 radical (unpaired) electrons. The predicted molar refractivity (Wildman–Crippen MR) is 51.2 cm³/mol. The Hall–Kier alpha value is -0.820. The van der Waals surface area contributed by atoms with Gasteiger partial charge in [-0.1, -0.05) is 30.3 Å². The third-order valence-electron chi connectivity index (χ3n) is 2.51. The van der Waals surface area contributed by atoms with E-state index in [1.165, 1.54) is 38.0 Å². The van der Waals surface area contributed by atoms with Crippen molar-refractivity contribution in [3.8, 4) is 0 Å². The van der Waals surface area contributed by atoms with Crippen molar-refractivity contribution in [1.29, 1.82) is 0 Å². The van der Waals surface area contributed by atoms with Gasteiger partial charge in [0, 0.05) is 6.54 Å². The fraction of sp³-hybridized carbons (Fsp3) is 0.455. The van der Waals surface area contributed by atoms with E-state index in [0.29, 0.717) is 0 Å². The van der Waals surface area contributed by atoms with Crippen molar-refractivity contribution >= 4 is 0 Å². The largest absolute Gasteiger partial charge is 0.303 e. The Bertz CT molecular complexity index is 226. The summed E-state index contributed by atoms with van der Waals surface area (Å²) in [6.07, 6.45) is 2.61. The van der Waals surface area contributed by atoms with Crippen LogP contribution in [0, 0.1) is 0 Å². The van der Waals surface area contributed by atoms with Crippen LogP contribution in [0.5, 0.6) is 0 Å². The molecule has 0 aromatic heterocycles. The molecule has 0 unspecified atom stereocenters. The van der Waals surface area contributed by atoms with Crippen molar-refractivity contribution < 1.29 is 0 Å². The highest BCUT2D eigenvalue weighted by Gasteiger charge is 2.12. The number of likely N-dealkylation sites (tertiary alicyclic amines) is 1. The first-order chi connectivity index (χ1) is 5.95. The Labute approximate surface area is 74.0 Å². The molecule has 1 saturated heterocycles. The first-order valence-electron chi connectivity index (χ1n) is 4.71. The summed E-state index contributed by atoms with van der Waals surface area (Å²) in [6, 6.07) is 10.7. The van der Waals surface area contributed by atoms with Crippen LogP contribution in [0.2, 0.25) is 0 Å². The van der Waals surface area contributed by atoms with Crippen LogP contribution in [0.15, 0.2) is 30.3 Å². The monoisotopic (exact) mass is 161 g/mol. The number of nitrogens with zero attached hydrogens (tertiary/aromatic N) is 1. The maximum Gasteiger partial charge on any atom is 0.00218 e. The smallest absolute Gasteiger partial charge is 0.00218 e. The summed E-state index contributed by atoms with van der Waals surface area (Å²) in [6.45, 7) is 3.86. The second-order valence-electron chi connectivity index (χ2n) is 3.43. The molecular formula is C11H15N. The molecule has 0 bridgehead atoms. The van der Waals surface area contributed by atoms with Crippen LogP contribution in [-0.4, -0.2) is 24.5 Å². The average molecular weight is 161 g/mol. The first kappa shape index (κ1) is 7.81. The molecule has 1 fully saturated rings. The molecule has 0 N–H and O–H groups in total. The summed E-state index contributed by atoms with van der Waals surface area (Å²) in [5.41, 5.74) is 1.46. The van der Waals surface area contributed by atoms with Crippen LogP contribution < -0.4 is 0 Å². The molecule has 1 nitrogen and oxygen atoms in total. The molecule has 0 spiro atoms. The van der Waals surface area contributed by atoms with Crippen molar-refractivity contribution in [2.75, 3.05) is 19.6 Å². The molecule has 1 aliphatic heterocycles. The highest BCUT2D eigenvalue weighted by atomic mass is 15.2. The topological polar surface area (TPSA) is 3.24 Å². The summed E-state index contributed by atoms with van der Waals surface area (Å²) in [5, 5.41) is 0. The van der Waals surface area contributed by atoms with Crippen LogP contribution in [0.3, 0.4) is 0 Å². The highest BCUT2D eigenvalue weighted by Crippen LogP contribution is 2.07. The van der Waals surface area contributed by atoms with Crippen LogP contribution in [0.1, 0.15) is 12.0 Å². The predicted octanol–water partition coefficient (Wildman–Crippen LogP) is 1.93. The summed E-state index contributed by atoms with van der Waals surface area (Å²) >= 11 is 0. The highest BCUT2D eigenvalue weighted by molar-refractivity contribution is 5.14. The molecule has 1 heteroatoms. The maximum absolute atomic E-state index is 2.51. The second kappa shape index (κ2) is 3.72. The fourth-order valence-corrected chi connectivity index (χ4v) is 1.54. The summed E-state index contributed by atoms with van der Waals surface area (Å²) in [4.78, 5) is 2.51. The normalized spacial score (nSPS) is 17.3. The van der Waals surface area contributed by atoms with Gasteiger partial charge in [0.1, 0.15) is 0 Å². The lowest BCUT2D eigenvalue weighted by Gasteiger charge is -2.30. The van der Waals surface area contributed by atoms with Gasteiger partial charge in [-0.3, -0.25) is 0 Å². The van der Waals surface area contributed by atoms with Gasteiger partial charge in [0.05, 0.1) is 0 Å². The lowest BCUT2D eigenvalue weighted by atomic mass is 10.1. The standard InChI is InChI=1S/C11H15N/c1-2-5-11(6-3-1)7-10-12-8-4-9-12/h1-3,5-6H,4,7-10H2.